The Morgan fingerprint density at radius 3 is 2.59 bits per heavy atom. The molecule has 4 heteroatoms. The summed E-state index contributed by atoms with van der Waals surface area (Å²) in [4.78, 5) is 16.0. The van der Waals surface area contributed by atoms with Gasteiger partial charge in [0.2, 0.25) is 0 Å². The monoisotopic (exact) mass is 252 g/mol. The third kappa shape index (κ3) is 2.44. The highest BCUT2D eigenvalue weighted by atomic mass is 32.1. The van der Waals surface area contributed by atoms with Crippen LogP contribution in [-0.2, 0) is 0 Å². The lowest BCUT2D eigenvalue weighted by Crippen LogP contribution is -2.57. The predicted octanol–water partition coefficient (Wildman–Crippen LogP) is 1.92. The van der Waals surface area contributed by atoms with Crippen LogP contribution in [0.15, 0.2) is 11.4 Å². The van der Waals surface area contributed by atoms with Gasteiger partial charge >= 0.3 is 0 Å². The number of hydrogen-bond donors (Lipinski definition) is 1. The Kier molecular flexibility index (Phi) is 3.66. The minimum Gasteiger partial charge on any atom is -0.314 e. The fraction of sp³-hybridized carbons (Fsp3) is 0.615. The summed E-state index contributed by atoms with van der Waals surface area (Å²) in [6.45, 7) is 9.93. The van der Waals surface area contributed by atoms with Crippen LogP contribution in [0.25, 0.3) is 0 Å². The van der Waals surface area contributed by atoms with Crippen molar-refractivity contribution in [2.24, 2.45) is 0 Å². The molecule has 0 spiro atoms. The van der Waals surface area contributed by atoms with Gasteiger partial charge in [0.1, 0.15) is 0 Å². The molecule has 1 aromatic heterocycles. The molecule has 1 aliphatic rings. The second kappa shape index (κ2) is 4.88. The first kappa shape index (κ1) is 12.7. The average molecular weight is 252 g/mol. The van der Waals surface area contributed by atoms with E-state index in [2.05, 4.69) is 10.2 Å². The van der Waals surface area contributed by atoms with E-state index in [0.29, 0.717) is 0 Å². The minimum atomic E-state index is -0.395. The Balaban J connectivity index is 2.19. The van der Waals surface area contributed by atoms with E-state index in [0.717, 1.165) is 36.6 Å². The van der Waals surface area contributed by atoms with Crippen molar-refractivity contribution < 1.29 is 4.79 Å². The number of hydrogen-bond acceptors (Lipinski definition) is 4. The first-order chi connectivity index (χ1) is 8.03. The van der Waals surface area contributed by atoms with E-state index < -0.39 is 5.54 Å². The van der Waals surface area contributed by atoms with Gasteiger partial charge in [-0.3, -0.25) is 9.69 Å². The van der Waals surface area contributed by atoms with Gasteiger partial charge in [-0.1, -0.05) is 0 Å². The van der Waals surface area contributed by atoms with Gasteiger partial charge in [0, 0.05) is 36.6 Å². The van der Waals surface area contributed by atoms with Gasteiger partial charge in [0.05, 0.1) is 5.54 Å². The second-order valence-electron chi connectivity index (χ2n) is 5.02. The maximum absolute atomic E-state index is 12.6. The van der Waals surface area contributed by atoms with Crippen LogP contribution in [0.4, 0.5) is 0 Å². The summed E-state index contributed by atoms with van der Waals surface area (Å²) < 4.78 is 0. The molecule has 3 nitrogen and oxygen atoms in total. The number of piperazine rings is 1. The van der Waals surface area contributed by atoms with Crippen molar-refractivity contribution in [3.8, 4) is 0 Å². The molecule has 94 valence electrons. The summed E-state index contributed by atoms with van der Waals surface area (Å²) in [6, 6.07) is 1.95. The normalized spacial score (nSPS) is 18.3. The highest BCUT2D eigenvalue weighted by Gasteiger charge is 2.36. The fourth-order valence-electron chi connectivity index (χ4n) is 2.32. The van der Waals surface area contributed by atoms with Gasteiger partial charge in [0.25, 0.3) is 0 Å². The van der Waals surface area contributed by atoms with Crippen molar-refractivity contribution in [1.29, 1.82) is 0 Å². The van der Waals surface area contributed by atoms with Gasteiger partial charge in [-0.15, -0.1) is 11.3 Å². The smallest absolute Gasteiger partial charge is 0.183 e. The number of nitrogens with one attached hydrogen (secondary N) is 1. The number of aryl methyl sites for hydroxylation is 1. The molecule has 0 amide bonds. The highest BCUT2D eigenvalue weighted by Crippen LogP contribution is 2.25. The van der Waals surface area contributed by atoms with Crippen molar-refractivity contribution >= 4 is 17.1 Å². The van der Waals surface area contributed by atoms with Crippen LogP contribution in [0, 0.1) is 6.92 Å². The van der Waals surface area contributed by atoms with Crippen LogP contribution >= 0.6 is 11.3 Å². The van der Waals surface area contributed by atoms with Gasteiger partial charge in [-0.25, -0.2) is 0 Å². The Morgan fingerprint density at radius 1 is 1.41 bits per heavy atom. The summed E-state index contributed by atoms with van der Waals surface area (Å²) in [6.07, 6.45) is 0. The lowest BCUT2D eigenvalue weighted by atomic mass is 9.91. The van der Waals surface area contributed by atoms with E-state index in [-0.39, 0.29) is 5.78 Å². The van der Waals surface area contributed by atoms with E-state index in [1.165, 1.54) is 0 Å². The largest absolute Gasteiger partial charge is 0.314 e. The SMILES string of the molecule is Cc1sccc1C(=O)C(C)(C)N1CCNCC1. The molecule has 2 heterocycles. The first-order valence-electron chi connectivity index (χ1n) is 6.08. The number of nitrogens with zero attached hydrogens (tertiary/aromatic N) is 1. The number of ketones is 1. The third-order valence-electron chi connectivity index (χ3n) is 3.57. The van der Waals surface area contributed by atoms with Gasteiger partial charge in [0.15, 0.2) is 5.78 Å². The maximum Gasteiger partial charge on any atom is 0.183 e. The van der Waals surface area contributed by atoms with Crippen LogP contribution in [0.2, 0.25) is 0 Å². The third-order valence-corrected chi connectivity index (χ3v) is 4.41. The van der Waals surface area contributed by atoms with E-state index in [9.17, 15) is 4.79 Å². The van der Waals surface area contributed by atoms with E-state index in [1.54, 1.807) is 11.3 Å². The zero-order valence-corrected chi connectivity index (χ0v) is 11.6. The molecule has 0 aromatic carbocycles. The molecule has 0 bridgehead atoms. The van der Waals surface area contributed by atoms with Crippen molar-refractivity contribution in [3.63, 3.8) is 0 Å². The Labute approximate surface area is 107 Å². The van der Waals surface area contributed by atoms with Crippen LogP contribution in [-0.4, -0.2) is 42.4 Å². The van der Waals surface area contributed by atoms with Crippen molar-refractivity contribution in [1.82, 2.24) is 10.2 Å². The lowest BCUT2D eigenvalue weighted by molar-refractivity contribution is 0.0602. The van der Waals surface area contributed by atoms with Crippen molar-refractivity contribution in [2.75, 3.05) is 26.2 Å². The van der Waals surface area contributed by atoms with E-state index in [1.807, 2.05) is 32.2 Å². The molecule has 0 saturated carbocycles. The standard InChI is InChI=1S/C13H20N2OS/c1-10-11(4-9-17-10)12(16)13(2,3)15-7-5-14-6-8-15/h4,9,14H,5-8H2,1-3H3. The zero-order valence-electron chi connectivity index (χ0n) is 10.7. The number of thiophene rings is 1. The summed E-state index contributed by atoms with van der Waals surface area (Å²) in [5.74, 6) is 0.248. The first-order valence-corrected chi connectivity index (χ1v) is 6.96. The Morgan fingerprint density at radius 2 is 2.06 bits per heavy atom. The van der Waals surface area contributed by atoms with Crippen molar-refractivity contribution in [3.05, 3.63) is 21.9 Å². The maximum atomic E-state index is 12.6. The molecule has 1 saturated heterocycles. The Hall–Kier alpha value is -0.710. The van der Waals surface area contributed by atoms with Crippen LogP contribution in [0.1, 0.15) is 29.1 Å². The molecule has 17 heavy (non-hydrogen) atoms. The number of Topliss-reactive ketones (excluding diaryl/α,β-unsaturated/α-hetero) is 1. The molecule has 0 unspecified atom stereocenters. The summed E-state index contributed by atoms with van der Waals surface area (Å²) in [5.41, 5.74) is 0.493. The summed E-state index contributed by atoms with van der Waals surface area (Å²) in [5, 5.41) is 5.32. The predicted molar refractivity (Wildman–Crippen MR) is 71.9 cm³/mol. The number of carbonyl (C=O) groups is 1. The van der Waals surface area contributed by atoms with Crippen LogP contribution in [0.3, 0.4) is 0 Å². The average Bonchev–Trinajstić information content (AvgIpc) is 2.75. The van der Waals surface area contributed by atoms with Gasteiger partial charge in [-0.05, 0) is 32.2 Å². The lowest BCUT2D eigenvalue weighted by Gasteiger charge is -2.40. The molecule has 0 aliphatic carbocycles. The molecule has 0 atom stereocenters. The van der Waals surface area contributed by atoms with Crippen LogP contribution < -0.4 is 5.32 Å². The fourth-order valence-corrected chi connectivity index (χ4v) is 3.01. The molecule has 1 fully saturated rings. The quantitative estimate of drug-likeness (QED) is 0.834. The summed E-state index contributed by atoms with van der Waals surface area (Å²) in [7, 11) is 0. The Bertz CT molecular complexity index is 405. The molecule has 0 radical (unpaired) electrons. The minimum absolute atomic E-state index is 0.248. The molecule has 2 rings (SSSR count). The number of carbonyl (C=O) groups excluding carboxylic acids is 1. The van der Waals surface area contributed by atoms with Gasteiger partial charge < -0.3 is 5.32 Å². The molecule has 1 N–H and O–H groups in total. The molecular weight excluding hydrogens is 232 g/mol. The molecule has 1 aliphatic heterocycles. The van der Waals surface area contributed by atoms with Crippen LogP contribution in [0.5, 0.6) is 0 Å². The zero-order chi connectivity index (χ0) is 12.5. The number of rotatable bonds is 3. The van der Waals surface area contributed by atoms with E-state index >= 15 is 0 Å². The second-order valence-corrected chi connectivity index (χ2v) is 6.14. The van der Waals surface area contributed by atoms with Crippen molar-refractivity contribution in [2.45, 2.75) is 26.3 Å². The highest BCUT2D eigenvalue weighted by molar-refractivity contribution is 7.10. The summed E-state index contributed by atoms with van der Waals surface area (Å²) >= 11 is 1.64. The molecular formula is C13H20N2OS. The van der Waals surface area contributed by atoms with Gasteiger partial charge in [-0.2, -0.15) is 0 Å². The molecule has 1 aromatic rings. The van der Waals surface area contributed by atoms with E-state index in [4.69, 9.17) is 0 Å². The topological polar surface area (TPSA) is 32.3 Å².